The Hall–Kier alpha value is -0.570. The Labute approximate surface area is 92.8 Å². The van der Waals surface area contributed by atoms with E-state index in [2.05, 4.69) is 12.2 Å². The minimum absolute atomic E-state index is 0.0939. The molecule has 0 heterocycles. The van der Waals surface area contributed by atoms with Gasteiger partial charge < -0.3 is 11.1 Å². The molecule has 1 aliphatic rings. The molecule has 1 unspecified atom stereocenters. The summed E-state index contributed by atoms with van der Waals surface area (Å²) >= 11 is 0. The SMILES string of the molecule is CC(CCC1CCCC1)NC(=O)CCN. The van der Waals surface area contributed by atoms with Crippen molar-refractivity contribution in [1.29, 1.82) is 0 Å². The number of rotatable bonds is 6. The summed E-state index contributed by atoms with van der Waals surface area (Å²) in [6.45, 7) is 2.53. The smallest absolute Gasteiger partial charge is 0.221 e. The fraction of sp³-hybridized carbons (Fsp3) is 0.917. The van der Waals surface area contributed by atoms with Crippen LogP contribution in [0.15, 0.2) is 0 Å². The van der Waals surface area contributed by atoms with Crippen LogP contribution in [0.5, 0.6) is 0 Å². The third-order valence-corrected chi connectivity index (χ3v) is 3.26. The van der Waals surface area contributed by atoms with E-state index in [9.17, 15) is 4.79 Å². The summed E-state index contributed by atoms with van der Waals surface area (Å²) in [5, 5.41) is 2.99. The lowest BCUT2D eigenvalue weighted by molar-refractivity contribution is -0.121. The molecule has 3 heteroatoms. The predicted molar refractivity (Wildman–Crippen MR) is 62.5 cm³/mol. The largest absolute Gasteiger partial charge is 0.354 e. The van der Waals surface area contributed by atoms with Crippen LogP contribution in [0.25, 0.3) is 0 Å². The average Bonchev–Trinajstić information content (AvgIpc) is 2.67. The van der Waals surface area contributed by atoms with Crippen molar-refractivity contribution in [2.75, 3.05) is 6.54 Å². The highest BCUT2D eigenvalue weighted by molar-refractivity contribution is 5.76. The first-order chi connectivity index (χ1) is 7.22. The normalized spacial score (nSPS) is 19.1. The van der Waals surface area contributed by atoms with Crippen molar-refractivity contribution >= 4 is 5.91 Å². The monoisotopic (exact) mass is 212 g/mol. The van der Waals surface area contributed by atoms with E-state index in [0.29, 0.717) is 19.0 Å². The molecule has 0 spiro atoms. The van der Waals surface area contributed by atoms with Gasteiger partial charge >= 0.3 is 0 Å². The molecule has 1 saturated carbocycles. The van der Waals surface area contributed by atoms with Crippen LogP contribution in [-0.4, -0.2) is 18.5 Å². The van der Waals surface area contributed by atoms with Gasteiger partial charge in [-0.3, -0.25) is 4.79 Å². The van der Waals surface area contributed by atoms with E-state index in [1.165, 1.54) is 32.1 Å². The van der Waals surface area contributed by atoms with Crippen molar-refractivity contribution in [2.24, 2.45) is 11.7 Å². The Morgan fingerprint density at radius 1 is 1.47 bits per heavy atom. The highest BCUT2D eigenvalue weighted by Gasteiger charge is 2.16. The van der Waals surface area contributed by atoms with Gasteiger partial charge in [0.1, 0.15) is 0 Å². The minimum atomic E-state index is 0.0939. The molecule has 0 aromatic rings. The Kier molecular flexibility index (Phi) is 5.69. The molecule has 0 bridgehead atoms. The zero-order valence-corrected chi connectivity index (χ0v) is 9.80. The van der Waals surface area contributed by atoms with Gasteiger partial charge in [0.25, 0.3) is 0 Å². The van der Waals surface area contributed by atoms with Crippen LogP contribution in [-0.2, 0) is 4.79 Å². The van der Waals surface area contributed by atoms with Crippen molar-refractivity contribution in [2.45, 2.75) is 57.9 Å². The van der Waals surface area contributed by atoms with Crippen molar-refractivity contribution in [1.82, 2.24) is 5.32 Å². The molecule has 3 nitrogen and oxygen atoms in total. The standard InChI is InChI=1S/C12H24N2O/c1-10(14-12(15)8-9-13)6-7-11-4-2-3-5-11/h10-11H,2-9,13H2,1H3,(H,14,15). The van der Waals surface area contributed by atoms with Gasteiger partial charge in [-0.2, -0.15) is 0 Å². The number of carbonyl (C=O) groups is 1. The number of amides is 1. The second-order valence-corrected chi connectivity index (χ2v) is 4.74. The third-order valence-electron chi connectivity index (χ3n) is 3.26. The number of hydrogen-bond donors (Lipinski definition) is 2. The van der Waals surface area contributed by atoms with Crippen LogP contribution in [0.4, 0.5) is 0 Å². The summed E-state index contributed by atoms with van der Waals surface area (Å²) in [4.78, 5) is 11.3. The van der Waals surface area contributed by atoms with Gasteiger partial charge in [-0.05, 0) is 25.7 Å². The summed E-state index contributed by atoms with van der Waals surface area (Å²) < 4.78 is 0. The minimum Gasteiger partial charge on any atom is -0.354 e. The maximum Gasteiger partial charge on any atom is 0.221 e. The number of hydrogen-bond acceptors (Lipinski definition) is 2. The van der Waals surface area contributed by atoms with Crippen molar-refractivity contribution < 1.29 is 4.79 Å². The molecule has 88 valence electrons. The second kappa shape index (κ2) is 6.83. The van der Waals surface area contributed by atoms with Gasteiger partial charge in [0, 0.05) is 19.0 Å². The fourth-order valence-corrected chi connectivity index (χ4v) is 2.33. The first-order valence-corrected chi connectivity index (χ1v) is 6.21. The first-order valence-electron chi connectivity index (χ1n) is 6.21. The van der Waals surface area contributed by atoms with Crippen LogP contribution in [0, 0.1) is 5.92 Å². The average molecular weight is 212 g/mol. The summed E-state index contributed by atoms with van der Waals surface area (Å²) in [5.74, 6) is 1.01. The fourth-order valence-electron chi connectivity index (χ4n) is 2.33. The number of nitrogens with one attached hydrogen (secondary N) is 1. The molecular formula is C12H24N2O. The van der Waals surface area contributed by atoms with Crippen LogP contribution < -0.4 is 11.1 Å². The summed E-state index contributed by atoms with van der Waals surface area (Å²) in [7, 11) is 0. The lowest BCUT2D eigenvalue weighted by atomic mass is 9.99. The van der Waals surface area contributed by atoms with Crippen LogP contribution in [0.2, 0.25) is 0 Å². The topological polar surface area (TPSA) is 55.1 Å². The molecule has 0 aromatic heterocycles. The molecule has 0 radical (unpaired) electrons. The molecule has 3 N–H and O–H groups in total. The van der Waals surface area contributed by atoms with Crippen molar-refractivity contribution in [3.8, 4) is 0 Å². The molecule has 1 atom stereocenters. The second-order valence-electron chi connectivity index (χ2n) is 4.74. The van der Waals surface area contributed by atoms with E-state index >= 15 is 0 Å². The molecular weight excluding hydrogens is 188 g/mol. The molecule has 0 aromatic carbocycles. The van der Waals surface area contributed by atoms with E-state index < -0.39 is 0 Å². The quantitative estimate of drug-likeness (QED) is 0.705. The molecule has 15 heavy (non-hydrogen) atoms. The maximum absolute atomic E-state index is 11.3. The Morgan fingerprint density at radius 3 is 2.73 bits per heavy atom. The third kappa shape index (κ3) is 5.17. The van der Waals surface area contributed by atoms with E-state index in [0.717, 1.165) is 12.3 Å². The lowest BCUT2D eigenvalue weighted by Gasteiger charge is -2.16. The molecule has 1 fully saturated rings. The summed E-state index contributed by atoms with van der Waals surface area (Å²) in [6.07, 6.45) is 8.42. The van der Waals surface area contributed by atoms with Gasteiger partial charge in [-0.15, -0.1) is 0 Å². The van der Waals surface area contributed by atoms with Crippen molar-refractivity contribution in [3.63, 3.8) is 0 Å². The first kappa shape index (κ1) is 12.5. The zero-order chi connectivity index (χ0) is 11.1. The summed E-state index contributed by atoms with van der Waals surface area (Å²) in [5.41, 5.74) is 5.32. The zero-order valence-electron chi connectivity index (χ0n) is 9.80. The maximum atomic E-state index is 11.3. The summed E-state index contributed by atoms with van der Waals surface area (Å²) in [6, 6.07) is 0.310. The van der Waals surface area contributed by atoms with E-state index in [-0.39, 0.29) is 5.91 Å². The highest BCUT2D eigenvalue weighted by atomic mass is 16.1. The predicted octanol–water partition coefficient (Wildman–Crippen LogP) is 1.81. The Morgan fingerprint density at radius 2 is 2.13 bits per heavy atom. The van der Waals surface area contributed by atoms with E-state index in [1.807, 2.05) is 0 Å². The molecule has 0 aliphatic heterocycles. The lowest BCUT2D eigenvalue weighted by Crippen LogP contribution is -2.33. The Balaban J connectivity index is 2.06. The van der Waals surface area contributed by atoms with Crippen LogP contribution in [0.3, 0.4) is 0 Å². The van der Waals surface area contributed by atoms with Crippen LogP contribution >= 0.6 is 0 Å². The van der Waals surface area contributed by atoms with E-state index in [1.54, 1.807) is 0 Å². The molecule has 1 rings (SSSR count). The number of carbonyl (C=O) groups excluding carboxylic acids is 1. The van der Waals surface area contributed by atoms with E-state index in [4.69, 9.17) is 5.73 Å². The van der Waals surface area contributed by atoms with Gasteiger partial charge in [-0.25, -0.2) is 0 Å². The number of nitrogens with two attached hydrogens (primary N) is 1. The van der Waals surface area contributed by atoms with Crippen LogP contribution in [0.1, 0.15) is 51.9 Å². The Bertz CT molecular complexity index is 188. The van der Waals surface area contributed by atoms with Gasteiger partial charge in [0.15, 0.2) is 0 Å². The molecule has 1 aliphatic carbocycles. The van der Waals surface area contributed by atoms with Crippen molar-refractivity contribution in [3.05, 3.63) is 0 Å². The van der Waals surface area contributed by atoms with Gasteiger partial charge in [0.2, 0.25) is 5.91 Å². The molecule has 0 saturated heterocycles. The highest BCUT2D eigenvalue weighted by Crippen LogP contribution is 2.28. The molecule has 1 amide bonds. The van der Waals surface area contributed by atoms with Gasteiger partial charge in [0.05, 0.1) is 0 Å². The van der Waals surface area contributed by atoms with Gasteiger partial charge in [-0.1, -0.05) is 25.7 Å².